The van der Waals surface area contributed by atoms with Crippen molar-refractivity contribution in [1.82, 2.24) is 4.90 Å². The first-order chi connectivity index (χ1) is 8.83. The lowest BCUT2D eigenvalue weighted by Crippen LogP contribution is -2.44. The van der Waals surface area contributed by atoms with E-state index in [0.717, 1.165) is 31.8 Å². The van der Waals surface area contributed by atoms with Crippen molar-refractivity contribution >= 4 is 18.0 Å². The van der Waals surface area contributed by atoms with Crippen molar-refractivity contribution in [3.63, 3.8) is 0 Å². The van der Waals surface area contributed by atoms with Gasteiger partial charge in [-0.2, -0.15) is 0 Å². The first kappa shape index (κ1) is 11.3. The molecule has 4 nitrogen and oxygen atoms in total. The van der Waals surface area contributed by atoms with Crippen LogP contribution >= 0.6 is 0 Å². The van der Waals surface area contributed by atoms with E-state index >= 15 is 0 Å². The molecule has 0 aromatic heterocycles. The standard InChI is InChI=1S/C14H15N3O/c18-14-12-6-7-17(9-13(12)15-10-16-14)8-11-4-2-1-3-5-11/h1-5,10,12H,6-9H2/t12-/m1/s1. The summed E-state index contributed by atoms with van der Waals surface area (Å²) in [5, 5.41) is 0. The van der Waals surface area contributed by atoms with E-state index < -0.39 is 0 Å². The van der Waals surface area contributed by atoms with Crippen LogP contribution in [0.25, 0.3) is 0 Å². The van der Waals surface area contributed by atoms with Crippen LogP contribution < -0.4 is 0 Å². The molecule has 1 aromatic rings. The van der Waals surface area contributed by atoms with Gasteiger partial charge in [0.25, 0.3) is 5.91 Å². The van der Waals surface area contributed by atoms with Gasteiger partial charge >= 0.3 is 0 Å². The van der Waals surface area contributed by atoms with Crippen LogP contribution in [-0.2, 0) is 11.3 Å². The average Bonchev–Trinajstić information content (AvgIpc) is 2.40. The highest BCUT2D eigenvalue weighted by molar-refractivity contribution is 6.12. The third-order valence-corrected chi connectivity index (χ3v) is 3.48. The number of hydrogen-bond acceptors (Lipinski definition) is 3. The maximum Gasteiger partial charge on any atom is 0.256 e. The molecule has 2 aliphatic heterocycles. The molecule has 0 aliphatic carbocycles. The molecule has 18 heavy (non-hydrogen) atoms. The zero-order chi connectivity index (χ0) is 12.4. The molecule has 0 radical (unpaired) electrons. The van der Waals surface area contributed by atoms with E-state index in [1.54, 1.807) is 0 Å². The van der Waals surface area contributed by atoms with Gasteiger partial charge in [-0.15, -0.1) is 0 Å². The molecule has 0 bridgehead atoms. The van der Waals surface area contributed by atoms with E-state index in [1.807, 2.05) is 6.07 Å². The maximum absolute atomic E-state index is 11.6. The van der Waals surface area contributed by atoms with Crippen molar-refractivity contribution in [3.8, 4) is 0 Å². The lowest BCUT2D eigenvalue weighted by molar-refractivity contribution is -0.120. The summed E-state index contributed by atoms with van der Waals surface area (Å²) in [6, 6.07) is 10.4. The fourth-order valence-electron chi connectivity index (χ4n) is 2.52. The number of hydrogen-bond donors (Lipinski definition) is 0. The molecule has 0 spiro atoms. The van der Waals surface area contributed by atoms with E-state index in [0.29, 0.717) is 0 Å². The summed E-state index contributed by atoms with van der Waals surface area (Å²) in [5.74, 6) is -0.0959. The number of nitrogens with zero attached hydrogens (tertiary/aromatic N) is 3. The predicted molar refractivity (Wildman–Crippen MR) is 70.8 cm³/mol. The SMILES string of the molecule is O=C1N=CN=C2CN(Cc3ccccc3)CC[C@@H]12. The molecule has 1 aromatic carbocycles. The summed E-state index contributed by atoms with van der Waals surface area (Å²) in [7, 11) is 0. The van der Waals surface area contributed by atoms with Gasteiger partial charge in [0.2, 0.25) is 0 Å². The molecule has 4 heteroatoms. The van der Waals surface area contributed by atoms with Crippen LogP contribution in [0.3, 0.4) is 0 Å². The monoisotopic (exact) mass is 241 g/mol. The summed E-state index contributed by atoms with van der Waals surface area (Å²) in [5.41, 5.74) is 2.27. The number of amides is 1. The number of likely N-dealkylation sites (tertiary alicyclic amines) is 1. The van der Waals surface area contributed by atoms with Gasteiger partial charge in [-0.25, -0.2) is 9.98 Å². The zero-order valence-corrected chi connectivity index (χ0v) is 10.1. The van der Waals surface area contributed by atoms with Crippen molar-refractivity contribution in [1.29, 1.82) is 0 Å². The molecule has 1 fully saturated rings. The number of rotatable bonds is 2. The number of aliphatic imine (C=N–C) groups is 2. The molecule has 0 unspecified atom stereocenters. The van der Waals surface area contributed by atoms with Crippen LogP contribution in [-0.4, -0.2) is 35.9 Å². The largest absolute Gasteiger partial charge is 0.294 e. The fourth-order valence-corrected chi connectivity index (χ4v) is 2.52. The van der Waals surface area contributed by atoms with Crippen LogP contribution in [0.15, 0.2) is 40.3 Å². The molecule has 0 N–H and O–H groups in total. The minimum atomic E-state index is -0.0676. The van der Waals surface area contributed by atoms with Crippen LogP contribution in [0, 0.1) is 5.92 Å². The highest BCUT2D eigenvalue weighted by Gasteiger charge is 2.31. The van der Waals surface area contributed by atoms with E-state index in [4.69, 9.17) is 0 Å². The second-order valence-corrected chi connectivity index (χ2v) is 4.74. The third-order valence-electron chi connectivity index (χ3n) is 3.48. The Hall–Kier alpha value is -1.81. The molecular weight excluding hydrogens is 226 g/mol. The lowest BCUT2D eigenvalue weighted by Gasteiger charge is -2.32. The summed E-state index contributed by atoms with van der Waals surface area (Å²) < 4.78 is 0. The molecule has 92 valence electrons. The minimum Gasteiger partial charge on any atom is -0.294 e. The van der Waals surface area contributed by atoms with Gasteiger partial charge in [-0.1, -0.05) is 30.3 Å². The third kappa shape index (κ3) is 2.24. The number of fused-ring (bicyclic) bond motifs is 1. The van der Waals surface area contributed by atoms with Crippen molar-refractivity contribution in [2.45, 2.75) is 13.0 Å². The normalized spacial score (nSPS) is 23.7. The van der Waals surface area contributed by atoms with Crippen LogP contribution in [0.1, 0.15) is 12.0 Å². The molecule has 1 saturated heterocycles. The van der Waals surface area contributed by atoms with E-state index in [9.17, 15) is 4.79 Å². The number of piperidine rings is 1. The Morgan fingerprint density at radius 2 is 2.11 bits per heavy atom. The van der Waals surface area contributed by atoms with Crippen LogP contribution in [0.2, 0.25) is 0 Å². The molecular formula is C14H15N3O. The summed E-state index contributed by atoms with van der Waals surface area (Å²) in [6.07, 6.45) is 2.22. The first-order valence-electron chi connectivity index (χ1n) is 6.22. The first-order valence-corrected chi connectivity index (χ1v) is 6.22. The molecule has 1 atom stereocenters. The molecule has 2 aliphatic rings. The Kier molecular flexibility index (Phi) is 3.02. The molecule has 0 saturated carbocycles. The van der Waals surface area contributed by atoms with Gasteiger partial charge in [-0.3, -0.25) is 9.69 Å². The Bertz CT molecular complexity index is 507. The van der Waals surface area contributed by atoms with Crippen molar-refractivity contribution < 1.29 is 4.79 Å². The zero-order valence-electron chi connectivity index (χ0n) is 10.1. The minimum absolute atomic E-state index is 0.0284. The number of carbonyl (C=O) groups is 1. The Morgan fingerprint density at radius 1 is 1.28 bits per heavy atom. The maximum atomic E-state index is 11.6. The van der Waals surface area contributed by atoms with E-state index in [2.05, 4.69) is 39.2 Å². The lowest BCUT2D eigenvalue weighted by atomic mass is 9.93. The van der Waals surface area contributed by atoms with Gasteiger partial charge in [0.05, 0.1) is 5.92 Å². The number of benzene rings is 1. The van der Waals surface area contributed by atoms with Crippen molar-refractivity contribution in [2.24, 2.45) is 15.9 Å². The quantitative estimate of drug-likeness (QED) is 0.788. The van der Waals surface area contributed by atoms with E-state index in [-0.39, 0.29) is 11.8 Å². The Balaban J connectivity index is 1.69. The van der Waals surface area contributed by atoms with Gasteiger partial charge in [0.15, 0.2) is 0 Å². The van der Waals surface area contributed by atoms with Gasteiger partial charge < -0.3 is 0 Å². The van der Waals surface area contributed by atoms with Crippen LogP contribution in [0.5, 0.6) is 0 Å². The highest BCUT2D eigenvalue weighted by Crippen LogP contribution is 2.20. The average molecular weight is 241 g/mol. The van der Waals surface area contributed by atoms with Gasteiger partial charge in [-0.05, 0) is 12.0 Å². The Labute approximate surface area is 106 Å². The second kappa shape index (κ2) is 4.82. The molecule has 2 heterocycles. The van der Waals surface area contributed by atoms with Crippen LogP contribution in [0.4, 0.5) is 0 Å². The molecule has 1 amide bonds. The summed E-state index contributed by atoms with van der Waals surface area (Å²) >= 11 is 0. The summed E-state index contributed by atoms with van der Waals surface area (Å²) in [4.78, 5) is 21.9. The van der Waals surface area contributed by atoms with Crippen molar-refractivity contribution in [2.75, 3.05) is 13.1 Å². The smallest absolute Gasteiger partial charge is 0.256 e. The second-order valence-electron chi connectivity index (χ2n) is 4.74. The van der Waals surface area contributed by atoms with Crippen molar-refractivity contribution in [3.05, 3.63) is 35.9 Å². The highest BCUT2D eigenvalue weighted by atomic mass is 16.1. The topological polar surface area (TPSA) is 45.0 Å². The van der Waals surface area contributed by atoms with Gasteiger partial charge in [0, 0.05) is 25.3 Å². The molecule has 3 rings (SSSR count). The predicted octanol–water partition coefficient (Wildman–Crippen LogP) is 1.52. The van der Waals surface area contributed by atoms with Gasteiger partial charge in [0.1, 0.15) is 6.34 Å². The Morgan fingerprint density at radius 3 is 2.94 bits per heavy atom. The fraction of sp³-hybridized carbons (Fsp3) is 0.357. The summed E-state index contributed by atoms with van der Waals surface area (Å²) in [6.45, 7) is 2.62. The number of carbonyl (C=O) groups excluding carboxylic acids is 1. The van der Waals surface area contributed by atoms with E-state index in [1.165, 1.54) is 11.9 Å².